The second-order valence-electron chi connectivity index (χ2n) is 14.2. The van der Waals surface area contributed by atoms with Crippen molar-refractivity contribution in [1.29, 1.82) is 0 Å². The summed E-state index contributed by atoms with van der Waals surface area (Å²) >= 11 is 21.1. The number of hydrogen-bond acceptors (Lipinski definition) is 6. The van der Waals surface area contributed by atoms with Crippen molar-refractivity contribution >= 4 is 83.6 Å². The lowest BCUT2D eigenvalue weighted by Gasteiger charge is -2.28. The predicted molar refractivity (Wildman–Crippen MR) is 235 cm³/mol. The zero-order chi connectivity index (χ0) is 39.0. The lowest BCUT2D eigenvalue weighted by Crippen LogP contribution is -2.23. The summed E-state index contributed by atoms with van der Waals surface area (Å²) in [5.41, 5.74) is 7.15. The molecule has 0 spiro atoms. The summed E-state index contributed by atoms with van der Waals surface area (Å²) in [4.78, 5) is 19.1. The quantitative estimate of drug-likeness (QED) is 0.0790. The highest BCUT2D eigenvalue weighted by molar-refractivity contribution is 9.11. The monoisotopic (exact) mass is 912 g/mol. The van der Waals surface area contributed by atoms with E-state index in [0.717, 1.165) is 71.1 Å². The Morgan fingerprint density at radius 1 is 0.607 bits per heavy atom. The van der Waals surface area contributed by atoms with E-state index in [1.807, 2.05) is 60.7 Å². The molecule has 0 bridgehead atoms. The molecule has 0 saturated carbocycles. The van der Waals surface area contributed by atoms with E-state index in [1.54, 1.807) is 14.2 Å². The molecule has 286 valence electrons. The Hall–Kier alpha value is -4.21. The average molecular weight is 916 g/mol. The molecule has 2 fully saturated rings. The van der Waals surface area contributed by atoms with E-state index in [4.69, 9.17) is 37.4 Å². The second-order valence-corrected chi connectivity index (χ2v) is 16.6. The third-order valence-electron chi connectivity index (χ3n) is 10.9. The maximum absolute atomic E-state index is 14.3. The molecule has 6 nitrogen and oxygen atoms in total. The minimum atomic E-state index is -1.48. The fourth-order valence-corrected chi connectivity index (χ4v) is 9.85. The first-order valence-corrected chi connectivity index (χ1v) is 21.1. The van der Waals surface area contributed by atoms with Crippen LogP contribution in [0.4, 0.5) is 11.4 Å². The van der Waals surface area contributed by atoms with Gasteiger partial charge in [-0.15, -0.1) is 0 Å². The first-order valence-electron chi connectivity index (χ1n) is 18.7. The molecule has 10 heteroatoms. The Kier molecular flexibility index (Phi) is 11.3. The molecule has 0 N–H and O–H groups in total. The number of fused-ring (bicyclic) bond motifs is 1. The SMILES string of the molecule is COc1ccc(C(=CC2(C=C(c3ccc(OC)cc3)c3ccc(N4CCCC4)cc3)OC(=O)c3c(Br)c(Cl)c(Cl)c(Br)c32)c2ccc(N3CCCC3)cc2)cc1. The number of carbonyl (C=O) groups excluding carboxylic acids is 1. The van der Waals surface area contributed by atoms with E-state index >= 15 is 0 Å². The number of hydrogen-bond donors (Lipinski definition) is 0. The number of ether oxygens (including phenoxy) is 3. The van der Waals surface area contributed by atoms with Crippen LogP contribution in [0, 0.1) is 0 Å². The summed E-state index contributed by atoms with van der Waals surface area (Å²) in [5.74, 6) is 0.935. The van der Waals surface area contributed by atoms with Crippen LogP contribution in [0.5, 0.6) is 11.5 Å². The third-order valence-corrected chi connectivity index (χ3v) is 13.8. The van der Waals surface area contributed by atoms with E-state index in [9.17, 15) is 4.79 Å². The number of anilines is 2. The Balaban J connectivity index is 1.41. The van der Waals surface area contributed by atoms with Crippen molar-refractivity contribution in [3.05, 3.63) is 162 Å². The normalized spacial score (nSPS) is 18.4. The summed E-state index contributed by atoms with van der Waals surface area (Å²) in [7, 11) is 3.31. The summed E-state index contributed by atoms with van der Waals surface area (Å²) in [6, 6.07) is 33.1. The van der Waals surface area contributed by atoms with Crippen molar-refractivity contribution in [2.24, 2.45) is 0 Å². The molecule has 3 aliphatic rings. The van der Waals surface area contributed by atoms with Gasteiger partial charge in [0.15, 0.2) is 5.60 Å². The van der Waals surface area contributed by atoms with Crippen molar-refractivity contribution in [3.63, 3.8) is 0 Å². The Bertz CT molecular complexity index is 2190. The van der Waals surface area contributed by atoms with Crippen molar-refractivity contribution in [3.8, 4) is 11.5 Å². The van der Waals surface area contributed by atoms with Crippen LogP contribution < -0.4 is 19.3 Å². The Morgan fingerprint density at radius 3 is 1.34 bits per heavy atom. The molecule has 56 heavy (non-hydrogen) atoms. The van der Waals surface area contributed by atoms with Crippen LogP contribution in [0.15, 0.2) is 118 Å². The summed E-state index contributed by atoms with van der Waals surface area (Å²) in [5, 5.41) is 0.488. The molecule has 5 aromatic carbocycles. The molecule has 0 amide bonds. The molecule has 8 rings (SSSR count). The minimum Gasteiger partial charge on any atom is -0.497 e. The molecule has 0 aliphatic carbocycles. The van der Waals surface area contributed by atoms with Gasteiger partial charge >= 0.3 is 5.97 Å². The summed E-state index contributed by atoms with van der Waals surface area (Å²) in [6.07, 6.45) is 8.82. The van der Waals surface area contributed by atoms with Gasteiger partial charge in [-0.25, -0.2) is 4.79 Å². The number of carbonyl (C=O) groups is 1. The molecule has 0 atom stereocenters. The van der Waals surface area contributed by atoms with Crippen molar-refractivity contribution in [2.75, 3.05) is 50.2 Å². The number of nitrogens with zero attached hydrogens (tertiary/aromatic N) is 2. The van der Waals surface area contributed by atoms with Crippen LogP contribution >= 0.6 is 55.1 Å². The van der Waals surface area contributed by atoms with Gasteiger partial charge in [-0.2, -0.15) is 0 Å². The number of methoxy groups -OCH3 is 2. The summed E-state index contributed by atoms with van der Waals surface area (Å²) < 4.78 is 18.6. The van der Waals surface area contributed by atoms with Crippen molar-refractivity contribution in [2.45, 2.75) is 31.3 Å². The van der Waals surface area contributed by atoms with Crippen LogP contribution in [-0.2, 0) is 10.3 Å². The Morgan fingerprint density at radius 2 is 0.964 bits per heavy atom. The van der Waals surface area contributed by atoms with Crippen LogP contribution in [-0.4, -0.2) is 46.4 Å². The molecule has 0 aromatic heterocycles. The maximum Gasteiger partial charge on any atom is 0.341 e. The van der Waals surface area contributed by atoms with Gasteiger partial charge in [0.2, 0.25) is 0 Å². The van der Waals surface area contributed by atoms with Crippen LogP contribution in [0.1, 0.15) is 63.9 Å². The molecule has 0 unspecified atom stereocenters. The van der Waals surface area contributed by atoms with Gasteiger partial charge < -0.3 is 24.0 Å². The molecule has 3 heterocycles. The van der Waals surface area contributed by atoms with E-state index in [2.05, 4.69) is 90.2 Å². The highest BCUT2D eigenvalue weighted by Crippen LogP contribution is 2.54. The largest absolute Gasteiger partial charge is 0.497 e. The van der Waals surface area contributed by atoms with Crippen LogP contribution in [0.2, 0.25) is 10.0 Å². The molecular formula is C46H40Br2Cl2N2O4. The lowest BCUT2D eigenvalue weighted by molar-refractivity contribution is 0.0298. The average Bonchev–Trinajstić information content (AvgIpc) is 4.03. The zero-order valence-electron chi connectivity index (χ0n) is 31.1. The minimum absolute atomic E-state index is 0.221. The molecule has 3 aliphatic heterocycles. The standard InChI is InChI=1S/C46H40Br2Cl2N2O4/c1-54-35-19-11-31(12-20-35)37(29-7-15-33(16-8-29)51-23-3-4-24-51)27-46(40-39(45(53)56-46)41(47)43(49)44(50)42(40)48)28-38(32-13-21-36(55-2)22-14-32)30-9-17-34(18-10-30)52-25-5-6-26-52/h7-22,27-28H,3-6,23-26H2,1-2H3. The van der Waals surface area contributed by atoms with Crippen molar-refractivity contribution < 1.29 is 19.0 Å². The van der Waals surface area contributed by atoms with Crippen LogP contribution in [0.25, 0.3) is 11.1 Å². The van der Waals surface area contributed by atoms with Gasteiger partial charge in [-0.1, -0.05) is 71.7 Å². The number of cyclic esters (lactones) is 1. The maximum atomic E-state index is 14.3. The first-order chi connectivity index (χ1) is 27.2. The van der Waals surface area contributed by atoms with Gasteiger partial charge in [0.1, 0.15) is 11.5 Å². The van der Waals surface area contributed by atoms with Gasteiger partial charge in [0.25, 0.3) is 0 Å². The third kappa shape index (κ3) is 7.37. The summed E-state index contributed by atoms with van der Waals surface area (Å²) in [6.45, 7) is 4.17. The number of benzene rings is 5. The smallest absolute Gasteiger partial charge is 0.341 e. The van der Waals surface area contributed by atoms with Gasteiger partial charge in [0, 0.05) is 47.6 Å². The van der Waals surface area contributed by atoms with E-state index in [-0.39, 0.29) is 10.0 Å². The molecule has 5 aromatic rings. The number of halogens is 4. The molecule has 2 saturated heterocycles. The Labute approximate surface area is 354 Å². The van der Waals surface area contributed by atoms with Gasteiger partial charge in [0.05, 0.1) is 34.3 Å². The van der Waals surface area contributed by atoms with Gasteiger partial charge in [-0.05, 0) is 152 Å². The number of rotatable bonds is 10. The predicted octanol–water partition coefficient (Wildman–Crippen LogP) is 12.4. The fourth-order valence-electron chi connectivity index (χ4n) is 7.98. The van der Waals surface area contributed by atoms with Gasteiger partial charge in [-0.3, -0.25) is 0 Å². The topological polar surface area (TPSA) is 51.2 Å². The van der Waals surface area contributed by atoms with E-state index in [0.29, 0.717) is 20.1 Å². The molecular weight excluding hydrogens is 875 g/mol. The zero-order valence-corrected chi connectivity index (χ0v) is 35.8. The fraction of sp³-hybridized carbons (Fsp3) is 0.239. The van der Waals surface area contributed by atoms with Crippen LogP contribution in [0.3, 0.4) is 0 Å². The lowest BCUT2D eigenvalue weighted by atomic mass is 9.83. The second kappa shape index (κ2) is 16.3. The highest BCUT2D eigenvalue weighted by Gasteiger charge is 2.48. The highest BCUT2D eigenvalue weighted by atomic mass is 79.9. The van der Waals surface area contributed by atoms with E-state index < -0.39 is 11.6 Å². The van der Waals surface area contributed by atoms with E-state index in [1.165, 1.54) is 37.1 Å². The number of esters is 1. The first kappa shape index (κ1) is 38.7. The molecule has 0 radical (unpaired) electrons. The van der Waals surface area contributed by atoms with Crippen molar-refractivity contribution in [1.82, 2.24) is 0 Å².